The summed E-state index contributed by atoms with van der Waals surface area (Å²) in [7, 11) is 1.58. The van der Waals surface area contributed by atoms with Crippen molar-refractivity contribution in [2.75, 3.05) is 7.11 Å². The Morgan fingerprint density at radius 3 is 2.10 bits per heavy atom. The lowest BCUT2D eigenvalue weighted by Gasteiger charge is -2.10. The first-order valence-corrected chi connectivity index (χ1v) is 9.09. The van der Waals surface area contributed by atoms with Gasteiger partial charge in [-0.3, -0.25) is 9.59 Å². The van der Waals surface area contributed by atoms with Crippen molar-refractivity contribution in [1.29, 1.82) is 0 Å². The van der Waals surface area contributed by atoms with Gasteiger partial charge in [0.25, 0.3) is 11.8 Å². The highest BCUT2D eigenvalue weighted by molar-refractivity contribution is 5.99. The molecule has 5 nitrogen and oxygen atoms in total. The fourth-order valence-electron chi connectivity index (χ4n) is 2.81. The number of nitrogens with one attached hydrogen (secondary N) is 2. The first-order chi connectivity index (χ1) is 14.1. The van der Waals surface area contributed by atoms with Gasteiger partial charge in [0.2, 0.25) is 0 Å². The van der Waals surface area contributed by atoms with Gasteiger partial charge in [-0.15, -0.1) is 0 Å². The van der Waals surface area contributed by atoms with Gasteiger partial charge in [-0.25, -0.2) is 4.39 Å². The summed E-state index contributed by atoms with van der Waals surface area (Å²) in [5.41, 5.74) is 2.40. The minimum Gasteiger partial charge on any atom is -0.496 e. The second kappa shape index (κ2) is 9.50. The average Bonchev–Trinajstić information content (AvgIpc) is 2.77. The van der Waals surface area contributed by atoms with Crippen LogP contribution in [-0.2, 0) is 13.1 Å². The summed E-state index contributed by atoms with van der Waals surface area (Å²) >= 11 is 0. The summed E-state index contributed by atoms with van der Waals surface area (Å²) in [4.78, 5) is 24.9. The zero-order valence-corrected chi connectivity index (χ0v) is 15.9. The van der Waals surface area contributed by atoms with Gasteiger partial charge in [0, 0.05) is 29.8 Å². The van der Waals surface area contributed by atoms with Crippen LogP contribution in [0.25, 0.3) is 0 Å². The number of carbonyl (C=O) groups excluding carboxylic acids is 2. The Morgan fingerprint density at radius 2 is 1.45 bits per heavy atom. The van der Waals surface area contributed by atoms with Crippen molar-refractivity contribution < 1.29 is 18.7 Å². The maximum absolute atomic E-state index is 13.0. The molecule has 3 aromatic carbocycles. The van der Waals surface area contributed by atoms with E-state index in [1.165, 1.54) is 18.2 Å². The summed E-state index contributed by atoms with van der Waals surface area (Å²) in [6.45, 7) is 0.577. The summed E-state index contributed by atoms with van der Waals surface area (Å²) in [5, 5.41) is 5.60. The number of rotatable bonds is 7. The van der Waals surface area contributed by atoms with Gasteiger partial charge in [0.1, 0.15) is 11.6 Å². The highest BCUT2D eigenvalue weighted by atomic mass is 19.1. The molecule has 6 heteroatoms. The highest BCUT2D eigenvalue weighted by Crippen LogP contribution is 2.17. The molecule has 148 valence electrons. The van der Waals surface area contributed by atoms with Crippen LogP contribution in [0, 0.1) is 5.82 Å². The summed E-state index contributed by atoms with van der Waals surface area (Å²) in [6, 6.07) is 19.8. The normalized spacial score (nSPS) is 10.3. The van der Waals surface area contributed by atoms with Crippen LogP contribution in [0.5, 0.6) is 5.75 Å². The third-order valence-corrected chi connectivity index (χ3v) is 4.39. The molecule has 0 unspecified atom stereocenters. The number of carbonyl (C=O) groups is 2. The Hall–Kier alpha value is -3.67. The Balaban J connectivity index is 1.61. The lowest BCUT2D eigenvalue weighted by molar-refractivity contribution is 0.0950. The molecule has 0 heterocycles. The molecule has 0 spiro atoms. The topological polar surface area (TPSA) is 67.4 Å². The van der Waals surface area contributed by atoms with Crippen LogP contribution >= 0.6 is 0 Å². The van der Waals surface area contributed by atoms with Gasteiger partial charge < -0.3 is 15.4 Å². The third kappa shape index (κ3) is 5.42. The van der Waals surface area contributed by atoms with Crippen molar-refractivity contribution in [2.24, 2.45) is 0 Å². The van der Waals surface area contributed by atoms with Crippen molar-refractivity contribution in [3.63, 3.8) is 0 Å². The molecule has 0 aliphatic rings. The lowest BCUT2D eigenvalue weighted by Crippen LogP contribution is -2.25. The van der Waals surface area contributed by atoms with E-state index < -0.39 is 0 Å². The van der Waals surface area contributed by atoms with Crippen LogP contribution in [0.1, 0.15) is 31.8 Å². The van der Waals surface area contributed by atoms with Crippen LogP contribution in [0.15, 0.2) is 72.8 Å². The maximum atomic E-state index is 13.0. The summed E-state index contributed by atoms with van der Waals surface area (Å²) in [5.74, 6) is -0.230. The van der Waals surface area contributed by atoms with E-state index >= 15 is 0 Å². The van der Waals surface area contributed by atoms with E-state index in [1.807, 2.05) is 24.3 Å². The molecule has 3 rings (SSSR count). The van der Waals surface area contributed by atoms with Gasteiger partial charge >= 0.3 is 0 Å². The van der Waals surface area contributed by atoms with Crippen molar-refractivity contribution in [3.8, 4) is 5.75 Å². The molecular weight excluding hydrogens is 371 g/mol. The van der Waals surface area contributed by atoms with Gasteiger partial charge in [0.15, 0.2) is 0 Å². The molecule has 0 aliphatic carbocycles. The van der Waals surface area contributed by atoms with E-state index in [4.69, 9.17) is 4.74 Å². The molecule has 0 aromatic heterocycles. The number of ether oxygens (including phenoxy) is 1. The molecule has 0 atom stereocenters. The molecule has 0 fully saturated rings. The van der Waals surface area contributed by atoms with Crippen molar-refractivity contribution in [2.45, 2.75) is 13.1 Å². The van der Waals surface area contributed by atoms with Crippen LogP contribution in [-0.4, -0.2) is 18.9 Å². The van der Waals surface area contributed by atoms with Gasteiger partial charge in [-0.2, -0.15) is 0 Å². The quantitative estimate of drug-likeness (QED) is 0.644. The summed E-state index contributed by atoms with van der Waals surface area (Å²) < 4.78 is 18.2. The fraction of sp³-hybridized carbons (Fsp3) is 0.130. The second-order valence-corrected chi connectivity index (χ2v) is 6.38. The zero-order valence-electron chi connectivity index (χ0n) is 15.9. The highest BCUT2D eigenvalue weighted by Gasteiger charge is 2.11. The smallest absolute Gasteiger partial charge is 0.251 e. The Morgan fingerprint density at radius 1 is 0.828 bits per heavy atom. The van der Waals surface area contributed by atoms with E-state index in [9.17, 15) is 14.0 Å². The Kier molecular flexibility index (Phi) is 6.58. The van der Waals surface area contributed by atoms with E-state index in [0.717, 1.165) is 11.1 Å². The maximum Gasteiger partial charge on any atom is 0.251 e. The molecule has 0 saturated carbocycles. The van der Waals surface area contributed by atoms with Crippen LogP contribution < -0.4 is 15.4 Å². The predicted molar refractivity (Wildman–Crippen MR) is 108 cm³/mol. The fourth-order valence-corrected chi connectivity index (χ4v) is 2.81. The third-order valence-electron chi connectivity index (χ3n) is 4.39. The number of halogens is 1. The Bertz CT molecular complexity index is 1000. The molecule has 2 amide bonds. The number of hydrogen-bond donors (Lipinski definition) is 2. The van der Waals surface area contributed by atoms with E-state index in [1.54, 1.807) is 37.4 Å². The van der Waals surface area contributed by atoms with E-state index in [0.29, 0.717) is 23.4 Å². The molecule has 0 saturated heterocycles. The molecule has 3 aromatic rings. The number of hydrogen-bond acceptors (Lipinski definition) is 3. The molecule has 2 N–H and O–H groups in total. The molecule has 0 radical (unpaired) electrons. The SMILES string of the molecule is COc1ccccc1CNC(=O)c1cccc(C(=O)NCc2ccc(F)cc2)c1. The van der Waals surface area contributed by atoms with Crippen LogP contribution in [0.3, 0.4) is 0 Å². The minimum atomic E-state index is -0.327. The zero-order chi connectivity index (χ0) is 20.6. The lowest BCUT2D eigenvalue weighted by atomic mass is 10.1. The van der Waals surface area contributed by atoms with Crippen molar-refractivity contribution in [3.05, 3.63) is 101 Å². The average molecular weight is 392 g/mol. The minimum absolute atomic E-state index is 0.267. The van der Waals surface area contributed by atoms with Crippen molar-refractivity contribution in [1.82, 2.24) is 10.6 Å². The second-order valence-electron chi connectivity index (χ2n) is 6.38. The number of amides is 2. The molecule has 0 aliphatic heterocycles. The first kappa shape index (κ1) is 20.1. The molecule has 29 heavy (non-hydrogen) atoms. The predicted octanol–water partition coefficient (Wildman–Crippen LogP) is 3.69. The largest absolute Gasteiger partial charge is 0.496 e. The van der Waals surface area contributed by atoms with Crippen molar-refractivity contribution >= 4 is 11.8 Å². The Labute approximate surface area is 168 Å². The number of methoxy groups -OCH3 is 1. The van der Waals surface area contributed by atoms with Gasteiger partial charge in [-0.1, -0.05) is 36.4 Å². The monoisotopic (exact) mass is 392 g/mol. The first-order valence-electron chi connectivity index (χ1n) is 9.09. The molecule has 0 bridgehead atoms. The molecular formula is C23H21FN2O3. The number of para-hydroxylation sites is 1. The van der Waals surface area contributed by atoms with E-state index in [-0.39, 0.29) is 24.2 Å². The standard InChI is InChI=1S/C23H21FN2O3/c1-29-21-8-3-2-5-19(21)15-26-23(28)18-7-4-6-17(13-18)22(27)25-14-16-9-11-20(24)12-10-16/h2-13H,14-15H2,1H3,(H,25,27)(H,26,28). The van der Waals surface area contributed by atoms with Crippen LogP contribution in [0.2, 0.25) is 0 Å². The van der Waals surface area contributed by atoms with Gasteiger partial charge in [0.05, 0.1) is 7.11 Å². The number of benzene rings is 3. The van der Waals surface area contributed by atoms with E-state index in [2.05, 4.69) is 10.6 Å². The van der Waals surface area contributed by atoms with Crippen LogP contribution in [0.4, 0.5) is 4.39 Å². The van der Waals surface area contributed by atoms with Gasteiger partial charge in [-0.05, 0) is 42.0 Å². The summed E-state index contributed by atoms with van der Waals surface area (Å²) in [6.07, 6.45) is 0.